The first kappa shape index (κ1) is 33.0. The average Bonchev–Trinajstić information content (AvgIpc) is 3.81. The first-order valence-corrected chi connectivity index (χ1v) is 14.1. The zero-order valence-electron chi connectivity index (χ0n) is 24.1. The van der Waals surface area contributed by atoms with Gasteiger partial charge in [0.2, 0.25) is 11.8 Å². The highest BCUT2D eigenvalue weighted by atomic mass is 19.4. The van der Waals surface area contributed by atoms with Crippen molar-refractivity contribution in [1.82, 2.24) is 5.01 Å². The lowest BCUT2D eigenvalue weighted by molar-refractivity contribution is -0.178. The second-order valence-electron chi connectivity index (χ2n) is 10.8. The van der Waals surface area contributed by atoms with Gasteiger partial charge in [-0.25, -0.2) is 14.2 Å². The molecule has 1 heterocycles. The molecule has 1 aliphatic carbocycles. The molecule has 0 bridgehead atoms. The number of alkyl halides is 3. The molecule has 1 saturated carbocycles. The number of rotatable bonds is 9. The fourth-order valence-corrected chi connectivity index (χ4v) is 4.76. The van der Waals surface area contributed by atoms with E-state index in [1.165, 1.54) is 29.3 Å². The van der Waals surface area contributed by atoms with Crippen molar-refractivity contribution in [3.05, 3.63) is 101 Å². The summed E-state index contributed by atoms with van der Waals surface area (Å²) < 4.78 is 61.6. The molecule has 3 aromatic rings. The van der Waals surface area contributed by atoms with Gasteiger partial charge in [-0.2, -0.15) is 13.2 Å². The zero-order chi connectivity index (χ0) is 32.7. The van der Waals surface area contributed by atoms with Gasteiger partial charge in [-0.1, -0.05) is 55.5 Å². The molecule has 1 aliphatic heterocycles. The van der Waals surface area contributed by atoms with E-state index in [2.05, 4.69) is 10.4 Å². The van der Waals surface area contributed by atoms with Crippen molar-refractivity contribution in [2.45, 2.75) is 44.8 Å². The van der Waals surface area contributed by atoms with Gasteiger partial charge in [-0.3, -0.25) is 9.59 Å². The lowest BCUT2D eigenvalue weighted by Crippen LogP contribution is -2.36. The summed E-state index contributed by atoms with van der Waals surface area (Å²) in [6.45, 7) is 0.795. The molecular weight excluding hydrogens is 598 g/mol. The van der Waals surface area contributed by atoms with Crippen molar-refractivity contribution >= 4 is 29.6 Å². The lowest BCUT2D eigenvalue weighted by atomic mass is 9.85. The predicted octanol–water partition coefficient (Wildman–Crippen LogP) is 6.64. The Kier molecular flexibility index (Phi) is 10.4. The summed E-state index contributed by atoms with van der Waals surface area (Å²) in [4.78, 5) is 34.2. The molecule has 3 N–H and O–H groups in total. The van der Waals surface area contributed by atoms with Crippen LogP contribution in [0.15, 0.2) is 77.9 Å². The number of nitrogens with one attached hydrogen (secondary N) is 1. The van der Waals surface area contributed by atoms with Crippen LogP contribution in [0.4, 0.5) is 28.0 Å². The van der Waals surface area contributed by atoms with Gasteiger partial charge in [0.05, 0.1) is 24.1 Å². The van der Waals surface area contributed by atoms with Crippen LogP contribution >= 0.6 is 0 Å². The van der Waals surface area contributed by atoms with Crippen LogP contribution in [0.3, 0.4) is 0 Å². The minimum absolute atomic E-state index is 0.0590. The van der Waals surface area contributed by atoms with E-state index in [1.807, 2.05) is 18.2 Å². The molecule has 5 rings (SSSR count). The number of hydrogen-bond acceptors (Lipinski definition) is 5. The molecule has 0 radical (unpaired) electrons. The Morgan fingerprint density at radius 1 is 1.02 bits per heavy atom. The van der Waals surface area contributed by atoms with E-state index in [4.69, 9.17) is 19.7 Å². The van der Waals surface area contributed by atoms with Crippen LogP contribution in [0.1, 0.15) is 47.9 Å². The Labute approximate surface area is 256 Å². The number of carbonyl (C=O) groups is 3. The number of amides is 2. The third-order valence-corrected chi connectivity index (χ3v) is 7.33. The molecule has 0 saturated heterocycles. The van der Waals surface area contributed by atoms with Gasteiger partial charge in [0.15, 0.2) is 6.61 Å². The minimum atomic E-state index is -4.67. The van der Waals surface area contributed by atoms with E-state index < -0.39 is 35.9 Å². The van der Waals surface area contributed by atoms with E-state index in [9.17, 15) is 27.2 Å². The molecule has 2 atom stereocenters. The third-order valence-electron chi connectivity index (χ3n) is 7.33. The highest BCUT2D eigenvalue weighted by Gasteiger charge is 2.45. The van der Waals surface area contributed by atoms with Gasteiger partial charge in [-0.15, -0.1) is 5.10 Å². The van der Waals surface area contributed by atoms with Crippen LogP contribution in [-0.2, 0) is 27.3 Å². The summed E-state index contributed by atoms with van der Waals surface area (Å²) in [5.74, 6) is -4.89. The van der Waals surface area contributed by atoms with Gasteiger partial charge in [0.1, 0.15) is 5.82 Å². The van der Waals surface area contributed by atoms with Crippen LogP contribution in [-0.4, -0.2) is 51.9 Å². The molecule has 9 nitrogen and oxygen atoms in total. The predicted molar refractivity (Wildman–Crippen MR) is 156 cm³/mol. The first-order chi connectivity index (χ1) is 21.3. The van der Waals surface area contributed by atoms with Gasteiger partial charge < -0.3 is 20.3 Å². The topological polar surface area (TPSA) is 129 Å². The Balaban J connectivity index is 0.00000109. The maximum Gasteiger partial charge on any atom is 0.503 e. The number of carboxylic acid groups (broad SMARTS) is 2. The summed E-state index contributed by atoms with van der Waals surface area (Å²) >= 11 is 0. The summed E-state index contributed by atoms with van der Waals surface area (Å²) in [7, 11) is 0. The number of ether oxygens (including phenoxy) is 1. The Morgan fingerprint density at radius 2 is 1.64 bits per heavy atom. The SMILES string of the molecule is CC(C(C(=O)Nc1cc(CC2CC2)ccc1F)c1ccc(CN2N=C(c3ccccc3)OCC2=O)cc1)C(F)(F)F.O=C(O)O. The smallest absolute Gasteiger partial charge is 0.466 e. The largest absolute Gasteiger partial charge is 0.503 e. The molecule has 0 spiro atoms. The molecular formula is C32H31F4N3O6. The van der Waals surface area contributed by atoms with Crippen molar-refractivity contribution < 1.29 is 46.9 Å². The van der Waals surface area contributed by atoms with Crippen molar-refractivity contribution in [1.29, 1.82) is 0 Å². The summed E-state index contributed by atoms with van der Waals surface area (Å²) in [5.41, 5.74) is 2.10. The number of benzene rings is 3. The second kappa shape index (κ2) is 14.2. The van der Waals surface area contributed by atoms with Crippen LogP contribution in [0.25, 0.3) is 0 Å². The van der Waals surface area contributed by atoms with E-state index in [1.54, 1.807) is 30.3 Å². The molecule has 2 aliphatic rings. The monoisotopic (exact) mass is 629 g/mol. The molecule has 13 heteroatoms. The van der Waals surface area contributed by atoms with Gasteiger partial charge in [-0.05, 0) is 66.1 Å². The first-order valence-electron chi connectivity index (χ1n) is 14.1. The third kappa shape index (κ3) is 9.27. The van der Waals surface area contributed by atoms with Crippen molar-refractivity contribution in [2.24, 2.45) is 16.9 Å². The zero-order valence-corrected chi connectivity index (χ0v) is 24.1. The quantitative estimate of drug-likeness (QED) is 0.228. The molecule has 2 amide bonds. The van der Waals surface area contributed by atoms with E-state index in [-0.39, 0.29) is 36.2 Å². The lowest BCUT2D eigenvalue weighted by Gasteiger charge is -2.26. The number of nitrogens with zero attached hydrogens (tertiary/aromatic N) is 2. The molecule has 2 unspecified atom stereocenters. The molecule has 3 aromatic carbocycles. The molecule has 1 fully saturated rings. The van der Waals surface area contributed by atoms with Crippen LogP contribution in [0.5, 0.6) is 0 Å². The second-order valence-corrected chi connectivity index (χ2v) is 10.8. The normalized spacial score (nSPS) is 16.0. The number of carbonyl (C=O) groups excluding carboxylic acids is 2. The van der Waals surface area contributed by atoms with Gasteiger partial charge >= 0.3 is 12.3 Å². The van der Waals surface area contributed by atoms with E-state index >= 15 is 0 Å². The molecule has 45 heavy (non-hydrogen) atoms. The minimum Gasteiger partial charge on any atom is -0.466 e. The van der Waals surface area contributed by atoms with Crippen molar-refractivity contribution in [3.63, 3.8) is 0 Å². The van der Waals surface area contributed by atoms with Gasteiger partial charge in [0.25, 0.3) is 5.91 Å². The molecule has 0 aromatic heterocycles. The van der Waals surface area contributed by atoms with Gasteiger partial charge in [0, 0.05) is 5.56 Å². The maximum absolute atomic E-state index is 14.5. The van der Waals surface area contributed by atoms with E-state index in [0.717, 1.165) is 31.7 Å². The Bertz CT molecular complexity index is 1540. The van der Waals surface area contributed by atoms with Crippen molar-refractivity contribution in [3.8, 4) is 0 Å². The Hall–Kier alpha value is -4.94. The summed E-state index contributed by atoms with van der Waals surface area (Å²) in [5, 5.41) is 21.9. The maximum atomic E-state index is 14.5. The average molecular weight is 630 g/mol. The van der Waals surface area contributed by atoms with Crippen LogP contribution in [0.2, 0.25) is 0 Å². The Morgan fingerprint density at radius 3 is 2.24 bits per heavy atom. The number of hydrazone groups is 1. The standard InChI is InChI=1S/C31H29F4N3O3.CH2O3/c1-19(31(33,34)35)28(29(40)36-26-16-22(11-14-25(26)32)15-20-7-8-20)23-12-9-21(10-13-23)17-38-27(39)18-41-30(37-38)24-5-3-2-4-6-24;2-1(3)4/h2-6,9-14,16,19-20,28H,7-8,15,17-18H2,1H3,(H,36,40);(H2,2,3,4). The summed E-state index contributed by atoms with van der Waals surface area (Å²) in [6.07, 6.45) is -3.60. The van der Waals surface area contributed by atoms with E-state index in [0.29, 0.717) is 17.0 Å². The fraction of sp³-hybridized carbons (Fsp3) is 0.312. The number of anilines is 1. The highest BCUT2D eigenvalue weighted by molar-refractivity contribution is 5.98. The summed E-state index contributed by atoms with van der Waals surface area (Å²) in [6, 6.07) is 19.4. The van der Waals surface area contributed by atoms with Crippen molar-refractivity contribution in [2.75, 3.05) is 11.9 Å². The van der Waals surface area contributed by atoms with Crippen LogP contribution < -0.4 is 5.32 Å². The van der Waals surface area contributed by atoms with Crippen LogP contribution in [0, 0.1) is 17.7 Å². The number of halogens is 4. The highest BCUT2D eigenvalue weighted by Crippen LogP contribution is 2.39. The molecule has 238 valence electrons. The number of hydrogen-bond donors (Lipinski definition) is 3. The fourth-order valence-electron chi connectivity index (χ4n) is 4.76.